The molecule has 2 heterocycles. The summed E-state index contributed by atoms with van der Waals surface area (Å²) in [5.74, 6) is 2.59. The summed E-state index contributed by atoms with van der Waals surface area (Å²) in [7, 11) is 0. The highest BCUT2D eigenvalue weighted by molar-refractivity contribution is 6.18. The zero-order valence-electron chi connectivity index (χ0n) is 11.0. The number of alkyl halides is 1. The van der Waals surface area contributed by atoms with Crippen molar-refractivity contribution in [3.05, 3.63) is 12.3 Å². The summed E-state index contributed by atoms with van der Waals surface area (Å²) < 4.78 is 5.54. The van der Waals surface area contributed by atoms with Crippen LogP contribution in [0.25, 0.3) is 0 Å². The SMILES string of the molecule is CCCOc1ccnc(N2CCC(C)C2CCl)n1. The molecule has 1 fully saturated rings. The van der Waals surface area contributed by atoms with Crippen LogP contribution >= 0.6 is 11.6 Å². The van der Waals surface area contributed by atoms with E-state index in [4.69, 9.17) is 16.3 Å². The van der Waals surface area contributed by atoms with Crippen molar-refractivity contribution in [2.75, 3.05) is 23.9 Å². The second-order valence-corrected chi connectivity index (χ2v) is 5.03. The summed E-state index contributed by atoms with van der Waals surface area (Å²) in [4.78, 5) is 11.0. The third-order valence-electron chi connectivity index (χ3n) is 3.37. The van der Waals surface area contributed by atoms with Crippen LogP contribution in [0.4, 0.5) is 5.95 Å². The van der Waals surface area contributed by atoms with E-state index in [0.29, 0.717) is 30.3 Å². The second kappa shape index (κ2) is 6.23. The largest absolute Gasteiger partial charge is 0.478 e. The van der Waals surface area contributed by atoms with Gasteiger partial charge in [0.2, 0.25) is 11.8 Å². The quantitative estimate of drug-likeness (QED) is 0.771. The van der Waals surface area contributed by atoms with E-state index in [0.717, 1.165) is 25.3 Å². The third-order valence-corrected chi connectivity index (χ3v) is 3.69. The molecule has 0 spiro atoms. The highest BCUT2D eigenvalue weighted by Gasteiger charge is 2.32. The van der Waals surface area contributed by atoms with Crippen molar-refractivity contribution in [3.8, 4) is 5.88 Å². The van der Waals surface area contributed by atoms with E-state index in [2.05, 4.69) is 28.7 Å². The van der Waals surface area contributed by atoms with Gasteiger partial charge in [0.15, 0.2) is 0 Å². The molecular weight excluding hydrogens is 250 g/mol. The summed E-state index contributed by atoms with van der Waals surface area (Å²) in [6, 6.07) is 2.13. The van der Waals surface area contributed by atoms with E-state index >= 15 is 0 Å². The van der Waals surface area contributed by atoms with Gasteiger partial charge in [-0.1, -0.05) is 13.8 Å². The van der Waals surface area contributed by atoms with E-state index in [9.17, 15) is 0 Å². The summed E-state index contributed by atoms with van der Waals surface area (Å²) in [6.07, 6.45) is 3.87. The molecule has 0 N–H and O–H groups in total. The summed E-state index contributed by atoms with van der Waals surface area (Å²) in [5.41, 5.74) is 0. The molecule has 0 bridgehead atoms. The van der Waals surface area contributed by atoms with Crippen LogP contribution in [0.3, 0.4) is 0 Å². The van der Waals surface area contributed by atoms with Crippen LogP contribution in [0.15, 0.2) is 12.3 Å². The number of hydrogen-bond donors (Lipinski definition) is 0. The van der Waals surface area contributed by atoms with Crippen LogP contribution in [0.2, 0.25) is 0 Å². The molecule has 0 radical (unpaired) electrons. The first-order chi connectivity index (χ1) is 8.76. The van der Waals surface area contributed by atoms with Gasteiger partial charge in [-0.25, -0.2) is 4.98 Å². The van der Waals surface area contributed by atoms with Crippen molar-refractivity contribution in [3.63, 3.8) is 0 Å². The smallest absolute Gasteiger partial charge is 0.228 e. The minimum atomic E-state index is 0.327. The Balaban J connectivity index is 2.12. The first-order valence-corrected chi connectivity index (χ1v) is 7.08. The lowest BCUT2D eigenvalue weighted by Gasteiger charge is -2.25. The molecule has 2 unspecified atom stereocenters. The fourth-order valence-corrected chi connectivity index (χ4v) is 2.72. The van der Waals surface area contributed by atoms with Crippen LogP contribution < -0.4 is 9.64 Å². The molecule has 0 aromatic carbocycles. The minimum absolute atomic E-state index is 0.327. The Morgan fingerprint density at radius 2 is 2.39 bits per heavy atom. The zero-order chi connectivity index (χ0) is 13.0. The lowest BCUT2D eigenvalue weighted by atomic mass is 10.1. The van der Waals surface area contributed by atoms with Gasteiger partial charge in [-0.2, -0.15) is 4.98 Å². The molecule has 1 saturated heterocycles. The minimum Gasteiger partial charge on any atom is -0.478 e. The van der Waals surface area contributed by atoms with Crippen LogP contribution in [0.5, 0.6) is 5.88 Å². The van der Waals surface area contributed by atoms with Gasteiger partial charge in [-0.3, -0.25) is 0 Å². The average Bonchev–Trinajstić information content (AvgIpc) is 2.77. The number of rotatable bonds is 5. The van der Waals surface area contributed by atoms with Crippen LogP contribution in [-0.2, 0) is 0 Å². The van der Waals surface area contributed by atoms with Crippen LogP contribution in [-0.4, -0.2) is 35.0 Å². The summed E-state index contributed by atoms with van der Waals surface area (Å²) in [5, 5.41) is 0. The summed E-state index contributed by atoms with van der Waals surface area (Å²) >= 11 is 6.04. The predicted octanol–water partition coefficient (Wildman–Crippen LogP) is 2.72. The number of hydrogen-bond acceptors (Lipinski definition) is 4. The van der Waals surface area contributed by atoms with Crippen molar-refractivity contribution >= 4 is 17.5 Å². The fraction of sp³-hybridized carbons (Fsp3) is 0.692. The van der Waals surface area contributed by atoms with Gasteiger partial charge in [0.25, 0.3) is 0 Å². The lowest BCUT2D eigenvalue weighted by molar-refractivity contribution is 0.304. The molecule has 1 aromatic heterocycles. The third kappa shape index (κ3) is 2.86. The maximum Gasteiger partial charge on any atom is 0.228 e. The van der Waals surface area contributed by atoms with Gasteiger partial charge in [-0.05, 0) is 18.8 Å². The van der Waals surface area contributed by atoms with Crippen LogP contribution in [0.1, 0.15) is 26.7 Å². The van der Waals surface area contributed by atoms with Crippen molar-refractivity contribution in [2.45, 2.75) is 32.7 Å². The molecule has 1 aromatic rings. The van der Waals surface area contributed by atoms with Crippen molar-refractivity contribution < 1.29 is 4.74 Å². The number of halogens is 1. The van der Waals surface area contributed by atoms with E-state index < -0.39 is 0 Å². The van der Waals surface area contributed by atoms with E-state index in [1.807, 2.05) is 0 Å². The fourth-order valence-electron chi connectivity index (χ4n) is 2.25. The van der Waals surface area contributed by atoms with Crippen molar-refractivity contribution in [1.29, 1.82) is 0 Å². The lowest BCUT2D eigenvalue weighted by Crippen LogP contribution is -2.34. The molecular formula is C13H20ClN3O. The average molecular weight is 270 g/mol. The number of nitrogens with zero attached hydrogens (tertiary/aromatic N) is 3. The van der Waals surface area contributed by atoms with Gasteiger partial charge in [0.05, 0.1) is 6.61 Å². The normalized spacial score (nSPS) is 23.4. The number of ether oxygens (including phenoxy) is 1. The van der Waals surface area contributed by atoms with E-state index in [-0.39, 0.29) is 0 Å². The molecule has 2 atom stereocenters. The van der Waals surface area contributed by atoms with E-state index in [1.165, 1.54) is 0 Å². The van der Waals surface area contributed by atoms with Crippen molar-refractivity contribution in [2.24, 2.45) is 5.92 Å². The molecule has 100 valence electrons. The molecule has 18 heavy (non-hydrogen) atoms. The van der Waals surface area contributed by atoms with Gasteiger partial charge in [0.1, 0.15) is 0 Å². The molecule has 2 rings (SSSR count). The number of anilines is 1. The van der Waals surface area contributed by atoms with Gasteiger partial charge in [0, 0.05) is 30.7 Å². The van der Waals surface area contributed by atoms with Crippen LogP contribution in [0, 0.1) is 5.92 Å². The van der Waals surface area contributed by atoms with Gasteiger partial charge in [-0.15, -0.1) is 11.6 Å². The Bertz CT molecular complexity index is 388. The second-order valence-electron chi connectivity index (χ2n) is 4.72. The maximum atomic E-state index is 6.04. The molecule has 4 nitrogen and oxygen atoms in total. The Morgan fingerprint density at radius 3 is 3.11 bits per heavy atom. The van der Waals surface area contributed by atoms with Gasteiger partial charge >= 0.3 is 0 Å². The van der Waals surface area contributed by atoms with Crippen molar-refractivity contribution in [1.82, 2.24) is 9.97 Å². The monoisotopic (exact) mass is 269 g/mol. The maximum absolute atomic E-state index is 6.04. The topological polar surface area (TPSA) is 38.2 Å². The summed E-state index contributed by atoms with van der Waals surface area (Å²) in [6.45, 7) is 5.96. The van der Waals surface area contributed by atoms with Gasteiger partial charge < -0.3 is 9.64 Å². The molecule has 1 aliphatic rings. The number of aromatic nitrogens is 2. The Hall–Kier alpha value is -1.03. The first kappa shape index (κ1) is 13.4. The Morgan fingerprint density at radius 1 is 1.56 bits per heavy atom. The highest BCUT2D eigenvalue weighted by Crippen LogP contribution is 2.28. The molecule has 1 aliphatic heterocycles. The highest BCUT2D eigenvalue weighted by atomic mass is 35.5. The molecule has 0 saturated carbocycles. The van der Waals surface area contributed by atoms with E-state index in [1.54, 1.807) is 12.3 Å². The Labute approximate surface area is 113 Å². The Kier molecular flexibility index (Phi) is 4.64. The predicted molar refractivity (Wildman–Crippen MR) is 73.5 cm³/mol. The standard InChI is InChI=1S/C13H20ClN3O/c1-3-8-18-12-4-6-15-13(16-12)17-7-5-10(2)11(17)9-14/h4,6,10-11H,3,5,7-9H2,1-2H3. The first-order valence-electron chi connectivity index (χ1n) is 6.54. The molecule has 0 amide bonds. The molecule has 0 aliphatic carbocycles. The zero-order valence-corrected chi connectivity index (χ0v) is 11.7. The molecule has 5 heteroatoms.